The molecule has 0 fully saturated rings. The summed E-state index contributed by atoms with van der Waals surface area (Å²) in [5, 5.41) is 0. The van der Waals surface area contributed by atoms with Crippen LogP contribution in [0.5, 0.6) is 0 Å². The monoisotopic (exact) mass is 739 g/mol. The molecule has 0 amide bonds. The van der Waals surface area contributed by atoms with E-state index >= 15 is 0 Å². The molecule has 0 saturated carbocycles. The van der Waals surface area contributed by atoms with Gasteiger partial charge in [0.2, 0.25) is 0 Å². The number of hydrogen-bond donors (Lipinski definition) is 0. The molecule has 0 N–H and O–H groups in total. The molecule has 0 nitrogen and oxygen atoms in total. The highest BCUT2D eigenvalue weighted by Crippen LogP contribution is 2.38. The first-order chi connectivity index (χ1) is 26.3. The molecular weight excluding hydrogens is 673 g/mol. The number of aryl methyl sites for hydroxylation is 12. The van der Waals surface area contributed by atoms with Gasteiger partial charge in [0.1, 0.15) is 0 Å². The second-order valence-corrected chi connectivity index (χ2v) is 18.2. The van der Waals surface area contributed by atoms with Crippen molar-refractivity contribution in [2.75, 3.05) is 0 Å². The van der Waals surface area contributed by atoms with Crippen molar-refractivity contribution in [1.29, 1.82) is 0 Å². The Hall–Kier alpha value is -4.68. The van der Waals surface area contributed by atoms with Crippen molar-refractivity contribution in [3.63, 3.8) is 0 Å². The molecule has 0 unspecified atom stereocenters. The molecule has 290 valence electrons. The minimum absolute atomic E-state index is 0.227. The van der Waals surface area contributed by atoms with Crippen molar-refractivity contribution in [3.8, 4) is 0 Å². The van der Waals surface area contributed by atoms with Gasteiger partial charge in [0.05, 0.1) is 0 Å². The van der Waals surface area contributed by atoms with Gasteiger partial charge in [-0.2, -0.15) is 0 Å². The highest BCUT2D eigenvalue weighted by Gasteiger charge is 2.27. The lowest BCUT2D eigenvalue weighted by Gasteiger charge is -2.30. The molecule has 0 aliphatic rings. The normalized spacial score (nSPS) is 11.8. The zero-order valence-corrected chi connectivity index (χ0v) is 37.3. The third-order valence-electron chi connectivity index (χ3n) is 13.5. The van der Waals surface area contributed by atoms with Crippen molar-refractivity contribution >= 4 is 0 Å². The van der Waals surface area contributed by atoms with E-state index in [-0.39, 0.29) is 5.41 Å². The van der Waals surface area contributed by atoms with Crippen molar-refractivity contribution in [2.45, 2.75) is 135 Å². The molecule has 6 rings (SSSR count). The highest BCUT2D eigenvalue weighted by molar-refractivity contribution is 5.53. The SMILES string of the molecule is Cc1cc(C)c(Cc2cc(Cc3cc(C)c(C)cc3C)cc(C(C)(C)c3cc(Cc4cc(C)c(C)cc4C)c(C)c(Cc4cc(C)c(C)cc4C)c3)c2)cc1C. The van der Waals surface area contributed by atoms with E-state index in [0.29, 0.717) is 0 Å². The van der Waals surface area contributed by atoms with Gasteiger partial charge >= 0.3 is 0 Å². The lowest BCUT2D eigenvalue weighted by Crippen LogP contribution is -2.21. The van der Waals surface area contributed by atoms with Gasteiger partial charge in [-0.25, -0.2) is 0 Å². The molecule has 0 heteroatoms. The standard InChI is InChI=1S/C56H66/c1-33-16-41(9)48(20-37(33)5)25-46-24-47(26-49-21-38(6)34(2)17-42(49)10)28-54(27-46)56(14,15)55-31-52(29-50-22-39(7)35(3)18-43(50)11)45(13)53(32-55)30-51-23-40(8)36(4)19-44(51)12/h16-24,27-28,31-32H,25-26,29-30H2,1-15H3. The Labute approximate surface area is 340 Å². The Morgan fingerprint density at radius 2 is 0.536 bits per heavy atom. The fourth-order valence-electron chi connectivity index (χ4n) is 8.76. The summed E-state index contributed by atoms with van der Waals surface area (Å²) in [5.74, 6) is 0. The average molecular weight is 739 g/mol. The summed E-state index contributed by atoms with van der Waals surface area (Å²) in [6.45, 7) is 34.3. The summed E-state index contributed by atoms with van der Waals surface area (Å²) in [5.41, 5.74) is 31.8. The Kier molecular flexibility index (Phi) is 11.7. The predicted octanol–water partition coefficient (Wildman–Crippen LogP) is 14.4. The third kappa shape index (κ3) is 8.66. The van der Waals surface area contributed by atoms with Gasteiger partial charge in [-0.15, -0.1) is 0 Å². The molecule has 0 aliphatic carbocycles. The average Bonchev–Trinajstić information content (AvgIpc) is 3.12. The van der Waals surface area contributed by atoms with Crippen LogP contribution in [-0.2, 0) is 31.1 Å². The quantitative estimate of drug-likeness (QED) is 0.131. The van der Waals surface area contributed by atoms with Crippen LogP contribution in [0.15, 0.2) is 78.9 Å². The molecule has 0 aromatic heterocycles. The van der Waals surface area contributed by atoms with Gasteiger partial charge in [-0.05, 0) is 244 Å². The van der Waals surface area contributed by atoms with E-state index in [1.165, 1.54) is 128 Å². The van der Waals surface area contributed by atoms with Crippen LogP contribution in [0.3, 0.4) is 0 Å². The van der Waals surface area contributed by atoms with E-state index in [2.05, 4.69) is 183 Å². The maximum absolute atomic E-state index is 2.55. The molecule has 0 aliphatic heterocycles. The van der Waals surface area contributed by atoms with E-state index < -0.39 is 0 Å². The van der Waals surface area contributed by atoms with Crippen molar-refractivity contribution < 1.29 is 0 Å². The number of hydrogen-bond acceptors (Lipinski definition) is 0. The van der Waals surface area contributed by atoms with Crippen LogP contribution in [0.4, 0.5) is 0 Å². The molecule has 0 radical (unpaired) electrons. The second-order valence-electron chi connectivity index (χ2n) is 18.2. The Morgan fingerprint density at radius 1 is 0.268 bits per heavy atom. The van der Waals surface area contributed by atoms with E-state index in [4.69, 9.17) is 0 Å². The molecule has 0 heterocycles. The molecule has 0 spiro atoms. The largest absolute Gasteiger partial charge is 0.0558 e. The summed E-state index contributed by atoms with van der Waals surface area (Å²) < 4.78 is 0. The lowest BCUT2D eigenvalue weighted by molar-refractivity contribution is 0.636. The summed E-state index contributed by atoms with van der Waals surface area (Å²) in [6, 6.07) is 31.8. The van der Waals surface area contributed by atoms with Gasteiger partial charge in [0, 0.05) is 5.41 Å². The number of rotatable bonds is 10. The summed E-state index contributed by atoms with van der Waals surface area (Å²) in [7, 11) is 0. The fourth-order valence-corrected chi connectivity index (χ4v) is 8.76. The van der Waals surface area contributed by atoms with Crippen LogP contribution in [0.1, 0.15) is 142 Å². The van der Waals surface area contributed by atoms with E-state index in [1.54, 1.807) is 0 Å². The highest BCUT2D eigenvalue weighted by atomic mass is 14.3. The third-order valence-corrected chi connectivity index (χ3v) is 13.5. The smallest absolute Gasteiger partial charge is 0.0146 e. The molecule has 0 atom stereocenters. The molecule has 0 saturated heterocycles. The molecule has 6 aromatic carbocycles. The van der Waals surface area contributed by atoms with Gasteiger partial charge in [0.15, 0.2) is 0 Å². The second kappa shape index (κ2) is 16.1. The van der Waals surface area contributed by atoms with E-state index in [9.17, 15) is 0 Å². The minimum Gasteiger partial charge on any atom is -0.0558 e. The minimum atomic E-state index is -0.227. The zero-order valence-electron chi connectivity index (χ0n) is 37.3. The first-order valence-corrected chi connectivity index (χ1v) is 20.8. The fraction of sp³-hybridized carbons (Fsp3) is 0.357. The van der Waals surface area contributed by atoms with E-state index in [0.717, 1.165) is 25.7 Å². The Bertz CT molecular complexity index is 2300. The summed E-state index contributed by atoms with van der Waals surface area (Å²) in [4.78, 5) is 0. The molecule has 56 heavy (non-hydrogen) atoms. The van der Waals surface area contributed by atoms with Gasteiger partial charge in [0.25, 0.3) is 0 Å². The van der Waals surface area contributed by atoms with E-state index in [1.807, 2.05) is 0 Å². The molecule has 0 bridgehead atoms. The number of benzene rings is 6. The molecular formula is C56H66. The van der Waals surface area contributed by atoms with Gasteiger partial charge < -0.3 is 0 Å². The van der Waals surface area contributed by atoms with Crippen LogP contribution in [-0.4, -0.2) is 0 Å². The molecule has 6 aromatic rings. The topological polar surface area (TPSA) is 0 Å². The lowest BCUT2D eigenvalue weighted by atomic mass is 9.74. The Morgan fingerprint density at radius 3 is 0.857 bits per heavy atom. The predicted molar refractivity (Wildman–Crippen MR) is 244 cm³/mol. The van der Waals surface area contributed by atoms with Crippen molar-refractivity contribution in [2.24, 2.45) is 0 Å². The van der Waals surface area contributed by atoms with Crippen LogP contribution >= 0.6 is 0 Å². The van der Waals surface area contributed by atoms with Crippen LogP contribution in [0, 0.1) is 90.0 Å². The maximum atomic E-state index is 2.55. The van der Waals surface area contributed by atoms with Crippen molar-refractivity contribution in [1.82, 2.24) is 0 Å². The maximum Gasteiger partial charge on any atom is 0.0146 e. The Balaban J connectivity index is 1.52. The van der Waals surface area contributed by atoms with Gasteiger partial charge in [-0.3, -0.25) is 0 Å². The first kappa shape index (κ1) is 41.0. The van der Waals surface area contributed by atoms with Gasteiger partial charge in [-0.1, -0.05) is 92.7 Å². The first-order valence-electron chi connectivity index (χ1n) is 20.8. The summed E-state index contributed by atoms with van der Waals surface area (Å²) in [6.07, 6.45) is 3.73. The van der Waals surface area contributed by atoms with Crippen molar-refractivity contribution in [3.05, 3.63) is 207 Å². The van der Waals surface area contributed by atoms with Crippen LogP contribution in [0.2, 0.25) is 0 Å². The zero-order chi connectivity index (χ0) is 40.8. The van der Waals surface area contributed by atoms with Crippen LogP contribution < -0.4 is 0 Å². The van der Waals surface area contributed by atoms with Crippen LogP contribution in [0.25, 0.3) is 0 Å². The summed E-state index contributed by atoms with van der Waals surface area (Å²) >= 11 is 0.